The van der Waals surface area contributed by atoms with E-state index in [-0.39, 0.29) is 5.82 Å². The van der Waals surface area contributed by atoms with Gasteiger partial charge in [-0.15, -0.1) is 0 Å². The highest BCUT2D eigenvalue weighted by molar-refractivity contribution is 5.82. The van der Waals surface area contributed by atoms with Gasteiger partial charge in [0.1, 0.15) is 0 Å². The van der Waals surface area contributed by atoms with Crippen LogP contribution in [0.15, 0.2) is 30.6 Å². The van der Waals surface area contributed by atoms with Gasteiger partial charge in [-0.25, -0.2) is 9.37 Å². The molecule has 1 aliphatic rings. The fraction of sp³-hybridized carbons (Fsp3) is 0.353. The second-order valence-corrected chi connectivity index (χ2v) is 6.12. The number of rotatable bonds is 4. The van der Waals surface area contributed by atoms with E-state index in [0.717, 1.165) is 42.6 Å². The van der Waals surface area contributed by atoms with E-state index in [0.29, 0.717) is 12.0 Å². The SMILES string of the molecule is CCC1CNCCN1c1ncc(F)c(Nc2ccc3[nH]ncc3c2)n1. The molecule has 0 aliphatic carbocycles. The molecule has 7 nitrogen and oxygen atoms in total. The predicted octanol–water partition coefficient (Wildman–Crippen LogP) is 2.42. The van der Waals surface area contributed by atoms with Crippen molar-refractivity contribution in [1.29, 1.82) is 0 Å². The first-order valence-electron chi connectivity index (χ1n) is 8.44. The molecule has 3 aromatic rings. The molecule has 25 heavy (non-hydrogen) atoms. The Hall–Kier alpha value is -2.74. The summed E-state index contributed by atoms with van der Waals surface area (Å²) in [5.41, 5.74) is 1.69. The Bertz CT molecular complexity index is 878. The Morgan fingerprint density at radius 1 is 1.36 bits per heavy atom. The maximum Gasteiger partial charge on any atom is 0.227 e. The van der Waals surface area contributed by atoms with Crippen LogP contribution < -0.4 is 15.5 Å². The van der Waals surface area contributed by atoms with Crippen LogP contribution in [0.2, 0.25) is 0 Å². The number of nitrogens with one attached hydrogen (secondary N) is 3. The van der Waals surface area contributed by atoms with Crippen molar-refractivity contribution < 1.29 is 4.39 Å². The summed E-state index contributed by atoms with van der Waals surface area (Å²) in [5, 5.41) is 14.3. The molecule has 1 fully saturated rings. The summed E-state index contributed by atoms with van der Waals surface area (Å²) in [6.07, 6.45) is 3.94. The van der Waals surface area contributed by atoms with E-state index < -0.39 is 5.82 Å². The molecule has 1 saturated heterocycles. The fourth-order valence-electron chi connectivity index (χ4n) is 3.13. The van der Waals surface area contributed by atoms with Crippen molar-refractivity contribution in [3.8, 4) is 0 Å². The molecule has 130 valence electrons. The van der Waals surface area contributed by atoms with Crippen molar-refractivity contribution >= 4 is 28.4 Å². The number of aromatic amines is 1. The zero-order valence-corrected chi connectivity index (χ0v) is 14.0. The van der Waals surface area contributed by atoms with Crippen molar-refractivity contribution in [2.75, 3.05) is 29.9 Å². The zero-order chi connectivity index (χ0) is 17.2. The summed E-state index contributed by atoms with van der Waals surface area (Å²) in [5.74, 6) is 0.266. The molecule has 4 rings (SSSR count). The number of nitrogens with zero attached hydrogens (tertiary/aromatic N) is 4. The van der Waals surface area contributed by atoms with Gasteiger partial charge in [0.15, 0.2) is 11.6 Å². The van der Waals surface area contributed by atoms with Crippen molar-refractivity contribution in [3.63, 3.8) is 0 Å². The number of hydrogen-bond donors (Lipinski definition) is 3. The summed E-state index contributed by atoms with van der Waals surface area (Å²) in [6, 6.07) is 5.98. The van der Waals surface area contributed by atoms with Crippen LogP contribution >= 0.6 is 0 Å². The smallest absolute Gasteiger partial charge is 0.227 e. The molecule has 0 radical (unpaired) electrons. The van der Waals surface area contributed by atoms with Crippen molar-refractivity contribution in [3.05, 3.63) is 36.4 Å². The highest BCUT2D eigenvalue weighted by Crippen LogP contribution is 2.24. The minimum atomic E-state index is -0.473. The van der Waals surface area contributed by atoms with Gasteiger partial charge in [0.05, 0.1) is 17.9 Å². The highest BCUT2D eigenvalue weighted by Gasteiger charge is 2.23. The van der Waals surface area contributed by atoms with Gasteiger partial charge >= 0.3 is 0 Å². The summed E-state index contributed by atoms with van der Waals surface area (Å²) in [7, 11) is 0. The first-order valence-corrected chi connectivity index (χ1v) is 8.44. The van der Waals surface area contributed by atoms with Gasteiger partial charge in [0.25, 0.3) is 0 Å². The Kier molecular flexibility index (Phi) is 4.19. The van der Waals surface area contributed by atoms with Gasteiger partial charge in [0, 0.05) is 36.7 Å². The van der Waals surface area contributed by atoms with Crippen LogP contribution in [-0.2, 0) is 0 Å². The van der Waals surface area contributed by atoms with Gasteiger partial charge in [0.2, 0.25) is 5.95 Å². The predicted molar refractivity (Wildman–Crippen MR) is 95.7 cm³/mol. The van der Waals surface area contributed by atoms with E-state index in [4.69, 9.17) is 0 Å². The Balaban J connectivity index is 1.62. The van der Waals surface area contributed by atoms with Gasteiger partial charge in [-0.3, -0.25) is 5.10 Å². The van der Waals surface area contributed by atoms with Crippen molar-refractivity contribution in [2.45, 2.75) is 19.4 Å². The second kappa shape index (κ2) is 6.64. The standard InChI is InChI=1S/C17H20FN7/c1-2-13-9-19-5-6-25(13)17-20-10-14(18)16(23-17)22-12-3-4-15-11(7-12)8-21-24-15/h3-4,7-8,10,13,19H,2,5-6,9H2,1H3,(H,21,24)(H,20,22,23). The van der Waals surface area contributed by atoms with E-state index in [1.807, 2.05) is 18.2 Å². The topological polar surface area (TPSA) is 81.8 Å². The quantitative estimate of drug-likeness (QED) is 0.676. The first kappa shape index (κ1) is 15.8. The van der Waals surface area contributed by atoms with Gasteiger partial charge < -0.3 is 15.5 Å². The fourth-order valence-corrected chi connectivity index (χ4v) is 3.13. The second-order valence-electron chi connectivity index (χ2n) is 6.12. The molecule has 8 heteroatoms. The number of halogens is 1. The third-order valence-electron chi connectivity index (χ3n) is 4.51. The number of fused-ring (bicyclic) bond motifs is 1. The molecule has 2 aromatic heterocycles. The molecular weight excluding hydrogens is 321 g/mol. The van der Waals surface area contributed by atoms with E-state index in [1.54, 1.807) is 6.20 Å². The summed E-state index contributed by atoms with van der Waals surface area (Å²) >= 11 is 0. The van der Waals surface area contributed by atoms with E-state index in [2.05, 4.69) is 42.6 Å². The molecule has 3 N–H and O–H groups in total. The lowest BCUT2D eigenvalue weighted by Gasteiger charge is -2.35. The Labute approximate surface area is 144 Å². The zero-order valence-electron chi connectivity index (χ0n) is 14.0. The summed E-state index contributed by atoms with van der Waals surface area (Å²) in [4.78, 5) is 10.8. The minimum Gasteiger partial charge on any atom is -0.338 e. The van der Waals surface area contributed by atoms with Crippen molar-refractivity contribution in [2.24, 2.45) is 0 Å². The number of hydrogen-bond acceptors (Lipinski definition) is 6. The normalized spacial score (nSPS) is 17.8. The molecule has 0 saturated carbocycles. The van der Waals surface area contributed by atoms with Crippen LogP contribution in [0.5, 0.6) is 0 Å². The number of H-pyrrole nitrogens is 1. The van der Waals surface area contributed by atoms with Gasteiger partial charge in [-0.2, -0.15) is 10.1 Å². The largest absolute Gasteiger partial charge is 0.338 e. The van der Waals surface area contributed by atoms with Crippen LogP contribution in [0.1, 0.15) is 13.3 Å². The van der Waals surface area contributed by atoms with E-state index in [1.165, 1.54) is 6.20 Å². The monoisotopic (exact) mass is 341 g/mol. The lowest BCUT2D eigenvalue weighted by Crippen LogP contribution is -2.51. The summed E-state index contributed by atoms with van der Waals surface area (Å²) < 4.78 is 14.2. The van der Waals surface area contributed by atoms with E-state index >= 15 is 0 Å². The maximum absolute atomic E-state index is 14.2. The molecule has 1 atom stereocenters. The first-order chi connectivity index (χ1) is 12.2. The van der Waals surface area contributed by atoms with Crippen LogP contribution in [0, 0.1) is 5.82 Å². The number of benzene rings is 1. The highest BCUT2D eigenvalue weighted by atomic mass is 19.1. The molecule has 0 amide bonds. The number of aromatic nitrogens is 4. The van der Waals surface area contributed by atoms with Crippen LogP contribution in [0.4, 0.5) is 21.8 Å². The molecule has 3 heterocycles. The third-order valence-corrected chi connectivity index (χ3v) is 4.51. The maximum atomic E-state index is 14.2. The average Bonchev–Trinajstić information content (AvgIpc) is 3.11. The Morgan fingerprint density at radius 3 is 3.16 bits per heavy atom. The molecule has 1 aliphatic heterocycles. The van der Waals surface area contributed by atoms with Crippen LogP contribution in [0.3, 0.4) is 0 Å². The van der Waals surface area contributed by atoms with Crippen LogP contribution in [0.25, 0.3) is 10.9 Å². The molecular formula is C17H20FN7. The lowest BCUT2D eigenvalue weighted by molar-refractivity contribution is 0.458. The summed E-state index contributed by atoms with van der Waals surface area (Å²) in [6.45, 7) is 4.70. The molecule has 1 unspecified atom stereocenters. The third kappa shape index (κ3) is 3.12. The molecule has 0 spiro atoms. The Morgan fingerprint density at radius 2 is 2.28 bits per heavy atom. The lowest BCUT2D eigenvalue weighted by atomic mass is 10.1. The van der Waals surface area contributed by atoms with Crippen molar-refractivity contribution in [1.82, 2.24) is 25.5 Å². The number of piperazine rings is 1. The van der Waals surface area contributed by atoms with Gasteiger partial charge in [-0.05, 0) is 24.6 Å². The van der Waals surface area contributed by atoms with Crippen LogP contribution in [-0.4, -0.2) is 45.8 Å². The van der Waals surface area contributed by atoms with E-state index in [9.17, 15) is 4.39 Å². The molecule has 1 aromatic carbocycles. The minimum absolute atomic E-state index is 0.182. The molecule has 0 bridgehead atoms. The average molecular weight is 341 g/mol. The van der Waals surface area contributed by atoms with Gasteiger partial charge in [-0.1, -0.05) is 6.92 Å². The number of anilines is 3.